The van der Waals surface area contributed by atoms with E-state index in [-0.39, 0.29) is 23.9 Å². The number of nitrogens with zero attached hydrogens (tertiary/aromatic N) is 3. The van der Waals surface area contributed by atoms with E-state index < -0.39 is 24.4 Å². The molecule has 0 aliphatic heterocycles. The number of carbonyl (C=O) groups excluding carboxylic acids is 1. The highest BCUT2D eigenvalue weighted by atomic mass is 19.3. The van der Waals surface area contributed by atoms with Crippen LogP contribution in [0.4, 0.5) is 8.78 Å². The van der Waals surface area contributed by atoms with Crippen molar-refractivity contribution in [1.29, 1.82) is 0 Å². The molecule has 1 heterocycles. The van der Waals surface area contributed by atoms with Gasteiger partial charge in [0.1, 0.15) is 5.75 Å². The highest BCUT2D eigenvalue weighted by Crippen LogP contribution is 2.19. The number of carboxylic acid groups (broad SMARTS) is 1. The largest absolute Gasteiger partial charge is 0.481 e. The number of amides is 1. The van der Waals surface area contributed by atoms with Gasteiger partial charge in [-0.05, 0) is 43.5 Å². The minimum Gasteiger partial charge on any atom is -0.481 e. The van der Waals surface area contributed by atoms with Crippen LogP contribution in [0, 0.1) is 18.8 Å². The third-order valence-corrected chi connectivity index (χ3v) is 4.03. The molecule has 1 aromatic heterocycles. The van der Waals surface area contributed by atoms with Crippen molar-refractivity contribution in [1.82, 2.24) is 20.3 Å². The van der Waals surface area contributed by atoms with Crippen LogP contribution >= 0.6 is 0 Å². The van der Waals surface area contributed by atoms with Crippen LogP contribution in [0.1, 0.15) is 36.5 Å². The SMILES string of the molecule is Cc1c(C(=O)NCC(CC(C)C)C(=O)O)nnn1-c1ccc(OC(F)F)cc1. The van der Waals surface area contributed by atoms with Gasteiger partial charge in [-0.2, -0.15) is 8.78 Å². The van der Waals surface area contributed by atoms with Crippen LogP contribution in [-0.4, -0.2) is 45.1 Å². The third-order valence-electron chi connectivity index (χ3n) is 4.03. The first-order valence-corrected chi connectivity index (χ1v) is 8.67. The number of hydrogen-bond donors (Lipinski definition) is 2. The molecule has 2 N–H and O–H groups in total. The number of halogens is 2. The lowest BCUT2D eigenvalue weighted by Crippen LogP contribution is -2.34. The van der Waals surface area contributed by atoms with Crippen LogP contribution in [0.15, 0.2) is 24.3 Å². The zero-order valence-corrected chi connectivity index (χ0v) is 15.7. The van der Waals surface area contributed by atoms with Crippen LogP contribution in [0.25, 0.3) is 5.69 Å². The van der Waals surface area contributed by atoms with Gasteiger partial charge in [-0.15, -0.1) is 5.10 Å². The van der Waals surface area contributed by atoms with Crippen molar-refractivity contribution in [2.75, 3.05) is 6.54 Å². The van der Waals surface area contributed by atoms with Gasteiger partial charge in [-0.3, -0.25) is 9.59 Å². The Bertz CT molecular complexity index is 821. The Morgan fingerprint density at radius 2 is 1.89 bits per heavy atom. The van der Waals surface area contributed by atoms with Gasteiger partial charge in [0.25, 0.3) is 5.91 Å². The Kier molecular flexibility index (Phi) is 7.02. The molecule has 10 heteroatoms. The van der Waals surface area contributed by atoms with Gasteiger partial charge in [0.15, 0.2) is 5.69 Å². The van der Waals surface area contributed by atoms with Crippen LogP contribution in [0.2, 0.25) is 0 Å². The fraction of sp³-hybridized carbons (Fsp3) is 0.444. The van der Waals surface area contributed by atoms with Crippen molar-refractivity contribution < 1.29 is 28.2 Å². The van der Waals surface area contributed by atoms with E-state index in [2.05, 4.69) is 20.4 Å². The second kappa shape index (κ2) is 9.25. The first kappa shape index (κ1) is 21.3. The molecular formula is C18H22F2N4O4. The van der Waals surface area contributed by atoms with Crippen LogP contribution in [0.5, 0.6) is 5.75 Å². The predicted molar refractivity (Wildman–Crippen MR) is 95.6 cm³/mol. The molecule has 1 unspecified atom stereocenters. The zero-order chi connectivity index (χ0) is 20.8. The van der Waals surface area contributed by atoms with Gasteiger partial charge < -0.3 is 15.2 Å². The minimum absolute atomic E-state index is 0.000602. The first-order valence-electron chi connectivity index (χ1n) is 8.67. The lowest BCUT2D eigenvalue weighted by molar-refractivity contribution is -0.142. The second-order valence-electron chi connectivity index (χ2n) is 6.68. The van der Waals surface area contributed by atoms with Crippen molar-refractivity contribution in [2.45, 2.75) is 33.8 Å². The van der Waals surface area contributed by atoms with Crippen LogP contribution in [0.3, 0.4) is 0 Å². The topological polar surface area (TPSA) is 106 Å². The molecule has 1 amide bonds. The number of rotatable bonds is 9. The fourth-order valence-corrected chi connectivity index (χ4v) is 2.69. The van der Waals surface area contributed by atoms with Gasteiger partial charge in [-0.1, -0.05) is 19.1 Å². The monoisotopic (exact) mass is 396 g/mol. The Morgan fingerprint density at radius 1 is 1.25 bits per heavy atom. The molecule has 0 aliphatic rings. The summed E-state index contributed by atoms with van der Waals surface area (Å²) in [6.45, 7) is 2.51. The van der Waals surface area contributed by atoms with E-state index in [1.54, 1.807) is 6.92 Å². The summed E-state index contributed by atoms with van der Waals surface area (Å²) >= 11 is 0. The maximum atomic E-state index is 12.4. The van der Waals surface area contributed by atoms with E-state index >= 15 is 0 Å². The Hall–Kier alpha value is -3.04. The summed E-state index contributed by atoms with van der Waals surface area (Å²) in [4.78, 5) is 23.7. The number of carboxylic acids is 1. The van der Waals surface area contributed by atoms with Gasteiger partial charge >= 0.3 is 12.6 Å². The second-order valence-corrected chi connectivity index (χ2v) is 6.68. The van der Waals surface area contributed by atoms with Crippen LogP contribution < -0.4 is 10.1 Å². The molecule has 0 saturated carbocycles. The molecular weight excluding hydrogens is 374 g/mol. The first-order chi connectivity index (χ1) is 13.2. The number of hydrogen-bond acceptors (Lipinski definition) is 5. The number of carbonyl (C=O) groups is 2. The average molecular weight is 396 g/mol. The quantitative estimate of drug-likeness (QED) is 0.675. The molecule has 1 atom stereocenters. The highest BCUT2D eigenvalue weighted by Gasteiger charge is 2.22. The standard InChI is InChI=1S/C18H22F2N4O4/c1-10(2)8-12(17(26)27)9-21-16(25)15-11(3)24(23-22-15)13-4-6-14(7-5-13)28-18(19)20/h4-7,10,12,18H,8-9H2,1-3H3,(H,21,25)(H,26,27). The van der Waals surface area contributed by atoms with Gasteiger partial charge in [0, 0.05) is 6.54 Å². The van der Waals surface area contributed by atoms with Crippen molar-refractivity contribution in [3.8, 4) is 11.4 Å². The van der Waals surface area contributed by atoms with E-state index in [1.807, 2.05) is 13.8 Å². The number of nitrogens with one attached hydrogen (secondary N) is 1. The summed E-state index contributed by atoms with van der Waals surface area (Å²) in [7, 11) is 0. The molecule has 28 heavy (non-hydrogen) atoms. The molecule has 0 spiro atoms. The van der Waals surface area contributed by atoms with Crippen molar-refractivity contribution >= 4 is 11.9 Å². The number of alkyl halides is 2. The number of benzene rings is 1. The Balaban J connectivity index is 2.09. The van der Waals surface area contributed by atoms with E-state index in [1.165, 1.54) is 28.9 Å². The number of aromatic nitrogens is 3. The van der Waals surface area contributed by atoms with Crippen LogP contribution in [-0.2, 0) is 4.79 Å². The van der Waals surface area contributed by atoms with Gasteiger partial charge in [0.2, 0.25) is 0 Å². The highest BCUT2D eigenvalue weighted by molar-refractivity contribution is 5.93. The lowest BCUT2D eigenvalue weighted by atomic mass is 9.97. The summed E-state index contributed by atoms with van der Waals surface area (Å²) in [5.41, 5.74) is 0.992. The average Bonchev–Trinajstić information content (AvgIpc) is 2.99. The molecule has 0 saturated heterocycles. The molecule has 0 bridgehead atoms. The Morgan fingerprint density at radius 3 is 2.43 bits per heavy atom. The fourth-order valence-electron chi connectivity index (χ4n) is 2.69. The lowest BCUT2D eigenvalue weighted by Gasteiger charge is -2.15. The molecule has 0 radical (unpaired) electrons. The molecule has 152 valence electrons. The molecule has 2 aromatic rings. The summed E-state index contributed by atoms with van der Waals surface area (Å²) in [5.74, 6) is -2.02. The third kappa shape index (κ3) is 5.48. The predicted octanol–water partition coefficient (Wildman–Crippen LogP) is 2.65. The van der Waals surface area contributed by atoms with Gasteiger partial charge in [0.05, 0.1) is 17.3 Å². The number of aliphatic carboxylic acids is 1. The van der Waals surface area contributed by atoms with E-state index in [0.717, 1.165) is 0 Å². The summed E-state index contributed by atoms with van der Waals surface area (Å²) in [5, 5.41) is 19.6. The Labute approximate surface area is 160 Å². The summed E-state index contributed by atoms with van der Waals surface area (Å²) in [6, 6.07) is 5.71. The molecule has 1 aromatic carbocycles. The number of ether oxygens (including phenoxy) is 1. The molecule has 0 aliphatic carbocycles. The smallest absolute Gasteiger partial charge is 0.387 e. The van der Waals surface area contributed by atoms with Crippen molar-refractivity contribution in [3.63, 3.8) is 0 Å². The van der Waals surface area contributed by atoms with E-state index in [4.69, 9.17) is 0 Å². The maximum absolute atomic E-state index is 12.4. The summed E-state index contributed by atoms with van der Waals surface area (Å²) in [6.07, 6.45) is 0.439. The van der Waals surface area contributed by atoms with Crippen molar-refractivity contribution in [3.05, 3.63) is 35.7 Å². The molecule has 0 fully saturated rings. The molecule has 2 rings (SSSR count). The minimum atomic E-state index is -2.92. The van der Waals surface area contributed by atoms with Gasteiger partial charge in [-0.25, -0.2) is 4.68 Å². The van der Waals surface area contributed by atoms with E-state index in [9.17, 15) is 23.5 Å². The maximum Gasteiger partial charge on any atom is 0.387 e. The van der Waals surface area contributed by atoms with E-state index in [0.29, 0.717) is 17.8 Å². The molecule has 8 nitrogen and oxygen atoms in total. The normalized spacial score (nSPS) is 12.2. The summed E-state index contributed by atoms with van der Waals surface area (Å²) < 4.78 is 30.1. The zero-order valence-electron chi connectivity index (χ0n) is 15.7. The van der Waals surface area contributed by atoms with Crippen molar-refractivity contribution in [2.24, 2.45) is 11.8 Å².